The van der Waals surface area contributed by atoms with Gasteiger partial charge in [-0.05, 0) is 18.8 Å². The molecule has 1 saturated carbocycles. The molecular formula is C15H28N2O3. The molecule has 0 aromatic rings. The van der Waals surface area contributed by atoms with E-state index in [0.29, 0.717) is 12.5 Å². The Hall–Kier alpha value is -1.26. The van der Waals surface area contributed by atoms with E-state index < -0.39 is 11.5 Å². The number of amides is 2. The van der Waals surface area contributed by atoms with Crippen LogP contribution >= 0.6 is 0 Å². The molecule has 0 bridgehead atoms. The lowest BCUT2D eigenvalue weighted by Crippen LogP contribution is -2.55. The lowest BCUT2D eigenvalue weighted by Gasteiger charge is -2.43. The van der Waals surface area contributed by atoms with Crippen LogP contribution in [-0.2, 0) is 4.79 Å². The molecule has 1 rings (SSSR count). The molecule has 116 valence electrons. The highest BCUT2D eigenvalue weighted by molar-refractivity contribution is 5.76. The van der Waals surface area contributed by atoms with Crippen LogP contribution in [0.1, 0.15) is 58.8 Å². The van der Waals surface area contributed by atoms with Gasteiger partial charge in [-0.25, -0.2) is 4.79 Å². The molecule has 20 heavy (non-hydrogen) atoms. The summed E-state index contributed by atoms with van der Waals surface area (Å²) in [6.07, 6.45) is 5.75. The first-order valence-corrected chi connectivity index (χ1v) is 7.65. The summed E-state index contributed by atoms with van der Waals surface area (Å²) in [5.74, 6) is -0.386. The maximum absolute atomic E-state index is 12.3. The van der Waals surface area contributed by atoms with Gasteiger partial charge in [-0.3, -0.25) is 4.79 Å². The van der Waals surface area contributed by atoms with E-state index in [-0.39, 0.29) is 12.5 Å². The molecule has 2 amide bonds. The monoisotopic (exact) mass is 284 g/mol. The van der Waals surface area contributed by atoms with Crippen LogP contribution in [0.4, 0.5) is 4.79 Å². The molecule has 1 fully saturated rings. The molecule has 0 radical (unpaired) electrons. The second-order valence-corrected chi connectivity index (χ2v) is 6.11. The third kappa shape index (κ3) is 4.39. The van der Waals surface area contributed by atoms with Crippen molar-refractivity contribution in [3.05, 3.63) is 0 Å². The molecule has 0 aliphatic heterocycles. The zero-order valence-electron chi connectivity index (χ0n) is 12.9. The first-order chi connectivity index (χ1) is 9.41. The van der Waals surface area contributed by atoms with Crippen molar-refractivity contribution in [2.45, 2.75) is 64.3 Å². The second kappa shape index (κ2) is 7.50. The maximum Gasteiger partial charge on any atom is 0.317 e. The van der Waals surface area contributed by atoms with E-state index in [0.717, 1.165) is 38.5 Å². The Labute approximate surface area is 121 Å². The van der Waals surface area contributed by atoms with Crippen molar-refractivity contribution in [3.63, 3.8) is 0 Å². The van der Waals surface area contributed by atoms with Crippen LogP contribution in [0, 0.1) is 5.92 Å². The number of urea groups is 1. The molecule has 0 spiro atoms. The smallest absolute Gasteiger partial charge is 0.317 e. The van der Waals surface area contributed by atoms with Gasteiger partial charge in [-0.1, -0.05) is 39.5 Å². The second-order valence-electron chi connectivity index (χ2n) is 6.11. The quantitative estimate of drug-likeness (QED) is 0.788. The molecule has 0 aromatic heterocycles. The van der Waals surface area contributed by atoms with Gasteiger partial charge < -0.3 is 15.3 Å². The molecule has 2 N–H and O–H groups in total. The molecule has 1 aliphatic carbocycles. The third-order valence-corrected chi connectivity index (χ3v) is 4.58. The average Bonchev–Trinajstić information content (AvgIpc) is 2.43. The molecule has 5 nitrogen and oxygen atoms in total. The summed E-state index contributed by atoms with van der Waals surface area (Å²) in [6, 6.07) is -0.145. The van der Waals surface area contributed by atoms with Gasteiger partial charge in [0, 0.05) is 13.6 Å². The van der Waals surface area contributed by atoms with Gasteiger partial charge in [0.2, 0.25) is 0 Å². The lowest BCUT2D eigenvalue weighted by molar-refractivity contribution is -0.140. The summed E-state index contributed by atoms with van der Waals surface area (Å²) in [5, 5.41) is 12.1. The highest BCUT2D eigenvalue weighted by atomic mass is 16.4. The minimum Gasteiger partial charge on any atom is -0.481 e. The SMILES string of the molecule is CCC(C)CNC(=O)N(C)C1(CC(=O)O)CCCCC1. The minimum absolute atomic E-state index is 0.0419. The molecule has 0 heterocycles. The summed E-state index contributed by atoms with van der Waals surface area (Å²) in [4.78, 5) is 25.1. The van der Waals surface area contributed by atoms with Crippen LogP contribution in [0.5, 0.6) is 0 Å². The van der Waals surface area contributed by atoms with Crippen LogP contribution in [0.3, 0.4) is 0 Å². The van der Waals surface area contributed by atoms with E-state index in [4.69, 9.17) is 5.11 Å². The number of hydrogen-bond acceptors (Lipinski definition) is 2. The fraction of sp³-hybridized carbons (Fsp3) is 0.867. The topological polar surface area (TPSA) is 69.6 Å². The highest BCUT2D eigenvalue weighted by Gasteiger charge is 2.40. The fourth-order valence-corrected chi connectivity index (χ4v) is 2.86. The zero-order valence-corrected chi connectivity index (χ0v) is 12.9. The Kier molecular flexibility index (Phi) is 6.30. The molecule has 1 aliphatic rings. The number of carboxylic acids is 1. The van der Waals surface area contributed by atoms with Crippen molar-refractivity contribution in [1.82, 2.24) is 10.2 Å². The van der Waals surface area contributed by atoms with E-state index in [1.54, 1.807) is 11.9 Å². The van der Waals surface area contributed by atoms with E-state index in [1.807, 2.05) is 0 Å². The van der Waals surface area contributed by atoms with Crippen LogP contribution in [0.2, 0.25) is 0 Å². The molecule has 0 aromatic carbocycles. The minimum atomic E-state index is -0.825. The van der Waals surface area contributed by atoms with Crippen LogP contribution in [-0.4, -0.2) is 41.1 Å². The summed E-state index contributed by atoms with van der Waals surface area (Å²) in [5.41, 5.74) is -0.510. The molecule has 5 heteroatoms. The van der Waals surface area contributed by atoms with Crippen LogP contribution < -0.4 is 5.32 Å². The number of carbonyl (C=O) groups is 2. The molecule has 1 atom stereocenters. The van der Waals surface area contributed by atoms with Gasteiger partial charge in [-0.2, -0.15) is 0 Å². The van der Waals surface area contributed by atoms with Gasteiger partial charge in [0.1, 0.15) is 0 Å². The number of nitrogens with one attached hydrogen (secondary N) is 1. The number of aliphatic carboxylic acids is 1. The van der Waals surface area contributed by atoms with E-state index in [1.165, 1.54) is 0 Å². The Morgan fingerprint density at radius 3 is 2.40 bits per heavy atom. The first-order valence-electron chi connectivity index (χ1n) is 7.65. The van der Waals surface area contributed by atoms with Crippen molar-refractivity contribution in [1.29, 1.82) is 0 Å². The molecular weight excluding hydrogens is 256 g/mol. The first kappa shape index (κ1) is 16.8. The average molecular weight is 284 g/mol. The molecule has 0 saturated heterocycles. The van der Waals surface area contributed by atoms with Gasteiger partial charge in [0.15, 0.2) is 0 Å². The largest absolute Gasteiger partial charge is 0.481 e. The number of carboxylic acid groups (broad SMARTS) is 1. The maximum atomic E-state index is 12.3. The Morgan fingerprint density at radius 1 is 1.30 bits per heavy atom. The van der Waals surface area contributed by atoms with Crippen molar-refractivity contribution in [2.24, 2.45) is 5.92 Å². The van der Waals surface area contributed by atoms with Crippen molar-refractivity contribution in [2.75, 3.05) is 13.6 Å². The van der Waals surface area contributed by atoms with Crippen LogP contribution in [0.15, 0.2) is 0 Å². The van der Waals surface area contributed by atoms with Crippen molar-refractivity contribution in [3.8, 4) is 0 Å². The van der Waals surface area contributed by atoms with Gasteiger partial charge in [0.25, 0.3) is 0 Å². The number of rotatable bonds is 6. The van der Waals surface area contributed by atoms with Crippen LogP contribution in [0.25, 0.3) is 0 Å². The standard InChI is InChI=1S/C15H28N2O3/c1-4-12(2)11-16-14(20)17(3)15(10-13(18)19)8-6-5-7-9-15/h12H,4-11H2,1-3H3,(H,16,20)(H,18,19). The number of hydrogen-bond donors (Lipinski definition) is 2. The predicted molar refractivity (Wildman–Crippen MR) is 78.7 cm³/mol. The summed E-state index contributed by atoms with van der Waals surface area (Å²) >= 11 is 0. The number of carbonyl (C=O) groups excluding carboxylic acids is 1. The van der Waals surface area contributed by atoms with Crippen molar-refractivity contribution >= 4 is 12.0 Å². The fourth-order valence-electron chi connectivity index (χ4n) is 2.86. The van der Waals surface area contributed by atoms with Gasteiger partial charge in [0.05, 0.1) is 12.0 Å². The highest BCUT2D eigenvalue weighted by Crippen LogP contribution is 2.35. The van der Waals surface area contributed by atoms with E-state index in [2.05, 4.69) is 19.2 Å². The number of nitrogens with zero attached hydrogens (tertiary/aromatic N) is 1. The van der Waals surface area contributed by atoms with Gasteiger partial charge >= 0.3 is 12.0 Å². The Balaban J connectivity index is 2.69. The third-order valence-electron chi connectivity index (χ3n) is 4.58. The predicted octanol–water partition coefficient (Wildman–Crippen LogP) is 2.85. The van der Waals surface area contributed by atoms with Gasteiger partial charge in [-0.15, -0.1) is 0 Å². The van der Waals surface area contributed by atoms with E-state index in [9.17, 15) is 9.59 Å². The Morgan fingerprint density at radius 2 is 1.90 bits per heavy atom. The summed E-state index contributed by atoms with van der Waals surface area (Å²) in [7, 11) is 1.74. The van der Waals surface area contributed by atoms with Crippen molar-refractivity contribution < 1.29 is 14.7 Å². The lowest BCUT2D eigenvalue weighted by atomic mass is 9.78. The van der Waals surface area contributed by atoms with E-state index >= 15 is 0 Å². The zero-order chi connectivity index (χ0) is 15.2. The summed E-state index contributed by atoms with van der Waals surface area (Å²) < 4.78 is 0. The Bertz CT molecular complexity index is 338. The molecule has 1 unspecified atom stereocenters. The normalized spacial score (nSPS) is 19.1. The summed E-state index contributed by atoms with van der Waals surface area (Å²) in [6.45, 7) is 4.82.